The summed E-state index contributed by atoms with van der Waals surface area (Å²) in [5.41, 5.74) is 4.14. The molecule has 120 valence electrons. The molecule has 0 unspecified atom stereocenters. The molecule has 0 saturated heterocycles. The Kier molecular flexibility index (Phi) is 5.30. The molecule has 0 atom stereocenters. The van der Waals surface area contributed by atoms with Gasteiger partial charge in [-0.2, -0.15) is 5.10 Å². The molecule has 0 saturated carbocycles. The monoisotopic (exact) mass is 316 g/mol. The molecule has 6 heteroatoms. The van der Waals surface area contributed by atoms with Gasteiger partial charge in [-0.05, 0) is 42.8 Å². The molecule has 1 amide bonds. The van der Waals surface area contributed by atoms with Crippen LogP contribution in [0.25, 0.3) is 0 Å². The average molecular weight is 316 g/mol. The second kappa shape index (κ2) is 7.40. The lowest BCUT2D eigenvalue weighted by Gasteiger charge is -2.09. The number of methoxy groups -OCH3 is 2. The molecule has 0 aliphatic carbocycles. The van der Waals surface area contributed by atoms with E-state index >= 15 is 0 Å². The maximum atomic E-state index is 12.9. The van der Waals surface area contributed by atoms with Crippen LogP contribution in [0.15, 0.2) is 47.6 Å². The number of rotatable bonds is 5. The fourth-order valence-electron chi connectivity index (χ4n) is 1.93. The third-order valence-corrected chi connectivity index (χ3v) is 3.23. The van der Waals surface area contributed by atoms with E-state index in [0.29, 0.717) is 22.8 Å². The first-order valence-corrected chi connectivity index (χ1v) is 6.87. The van der Waals surface area contributed by atoms with E-state index in [9.17, 15) is 9.18 Å². The van der Waals surface area contributed by atoms with E-state index in [-0.39, 0.29) is 11.7 Å². The van der Waals surface area contributed by atoms with Crippen LogP contribution in [-0.2, 0) is 0 Å². The predicted molar refractivity (Wildman–Crippen MR) is 85.6 cm³/mol. The lowest BCUT2D eigenvalue weighted by Crippen LogP contribution is -2.19. The summed E-state index contributed by atoms with van der Waals surface area (Å²) in [5, 5.41) is 4.02. The van der Waals surface area contributed by atoms with Crippen LogP contribution in [0.3, 0.4) is 0 Å². The third-order valence-electron chi connectivity index (χ3n) is 3.23. The minimum atomic E-state index is -0.382. The number of hydrogen-bond acceptors (Lipinski definition) is 4. The van der Waals surface area contributed by atoms with Gasteiger partial charge in [0, 0.05) is 5.56 Å². The molecule has 0 aliphatic heterocycles. The number of amides is 1. The summed E-state index contributed by atoms with van der Waals surface area (Å²) in [6.45, 7) is 1.72. The fourth-order valence-corrected chi connectivity index (χ4v) is 1.93. The zero-order valence-corrected chi connectivity index (χ0v) is 13.1. The van der Waals surface area contributed by atoms with E-state index in [1.54, 1.807) is 37.3 Å². The van der Waals surface area contributed by atoms with Crippen molar-refractivity contribution in [2.45, 2.75) is 6.92 Å². The molecule has 0 spiro atoms. The van der Waals surface area contributed by atoms with E-state index in [1.165, 1.54) is 26.4 Å². The maximum absolute atomic E-state index is 12.9. The van der Waals surface area contributed by atoms with Gasteiger partial charge in [-0.1, -0.05) is 12.1 Å². The molecular formula is C17H17FN2O3. The van der Waals surface area contributed by atoms with Crippen LogP contribution in [0.2, 0.25) is 0 Å². The van der Waals surface area contributed by atoms with Crippen LogP contribution >= 0.6 is 0 Å². The number of ether oxygens (including phenoxy) is 2. The number of benzene rings is 2. The number of carbonyl (C=O) groups excluding carboxylic acids is 1. The SMILES string of the molecule is COc1ccc(C(=O)NN=C(C)c2ccc(F)cc2)cc1OC. The highest BCUT2D eigenvalue weighted by Crippen LogP contribution is 2.27. The Hall–Kier alpha value is -2.89. The molecule has 0 aromatic heterocycles. The van der Waals surface area contributed by atoms with Gasteiger partial charge in [-0.25, -0.2) is 9.82 Å². The first-order valence-electron chi connectivity index (χ1n) is 6.87. The Morgan fingerprint density at radius 2 is 1.61 bits per heavy atom. The van der Waals surface area contributed by atoms with Gasteiger partial charge >= 0.3 is 0 Å². The van der Waals surface area contributed by atoms with Gasteiger partial charge in [-0.3, -0.25) is 4.79 Å². The first-order chi connectivity index (χ1) is 11.0. The summed E-state index contributed by atoms with van der Waals surface area (Å²) in [6.07, 6.45) is 0. The van der Waals surface area contributed by atoms with Crippen molar-refractivity contribution in [3.8, 4) is 11.5 Å². The number of hydrazone groups is 1. The second-order valence-electron chi connectivity index (χ2n) is 4.71. The predicted octanol–water partition coefficient (Wildman–Crippen LogP) is 3.00. The Balaban J connectivity index is 2.12. The smallest absolute Gasteiger partial charge is 0.271 e. The van der Waals surface area contributed by atoms with Crippen LogP contribution < -0.4 is 14.9 Å². The fraction of sp³-hybridized carbons (Fsp3) is 0.176. The van der Waals surface area contributed by atoms with Gasteiger partial charge in [0.05, 0.1) is 19.9 Å². The van der Waals surface area contributed by atoms with E-state index in [0.717, 1.165) is 5.56 Å². The topological polar surface area (TPSA) is 59.9 Å². The highest BCUT2D eigenvalue weighted by molar-refractivity contribution is 6.01. The molecule has 0 heterocycles. The summed E-state index contributed by atoms with van der Waals surface area (Å²) in [4.78, 5) is 12.1. The Labute approximate surface area is 133 Å². The summed E-state index contributed by atoms with van der Waals surface area (Å²) < 4.78 is 23.2. The molecule has 0 bridgehead atoms. The van der Waals surface area contributed by atoms with E-state index in [2.05, 4.69) is 10.5 Å². The van der Waals surface area contributed by atoms with Crippen LogP contribution in [-0.4, -0.2) is 25.8 Å². The Bertz CT molecular complexity index is 727. The number of halogens is 1. The molecule has 0 fully saturated rings. The molecule has 2 aromatic rings. The van der Waals surface area contributed by atoms with Gasteiger partial charge in [0.15, 0.2) is 11.5 Å². The van der Waals surface area contributed by atoms with Crippen LogP contribution in [0.5, 0.6) is 11.5 Å². The number of hydrogen-bond donors (Lipinski definition) is 1. The average Bonchev–Trinajstić information content (AvgIpc) is 2.59. The highest BCUT2D eigenvalue weighted by Gasteiger charge is 2.10. The number of carbonyl (C=O) groups is 1. The molecular weight excluding hydrogens is 299 g/mol. The summed E-state index contributed by atoms with van der Waals surface area (Å²) in [5.74, 6) is 0.290. The largest absolute Gasteiger partial charge is 0.493 e. The molecule has 2 aromatic carbocycles. The molecule has 5 nitrogen and oxygen atoms in total. The van der Waals surface area contributed by atoms with Gasteiger partial charge in [0.25, 0.3) is 5.91 Å². The normalized spacial score (nSPS) is 11.0. The van der Waals surface area contributed by atoms with Crippen molar-refractivity contribution in [2.75, 3.05) is 14.2 Å². The second-order valence-corrected chi connectivity index (χ2v) is 4.71. The minimum Gasteiger partial charge on any atom is -0.493 e. The standard InChI is InChI=1S/C17H17FN2O3/c1-11(12-4-7-14(18)8-5-12)19-20-17(21)13-6-9-15(22-2)16(10-13)23-3/h4-10H,1-3H3,(H,20,21). The summed E-state index contributed by atoms with van der Waals surface area (Å²) in [7, 11) is 3.02. The first kappa shape index (κ1) is 16.5. The number of nitrogens with one attached hydrogen (secondary N) is 1. The van der Waals surface area contributed by atoms with Crippen LogP contribution in [0, 0.1) is 5.82 Å². The van der Waals surface area contributed by atoms with Crippen molar-refractivity contribution in [3.63, 3.8) is 0 Å². The maximum Gasteiger partial charge on any atom is 0.271 e. The molecule has 1 N–H and O–H groups in total. The quantitative estimate of drug-likeness (QED) is 0.681. The zero-order valence-electron chi connectivity index (χ0n) is 13.1. The van der Waals surface area contributed by atoms with Crippen molar-refractivity contribution in [3.05, 3.63) is 59.4 Å². The highest BCUT2D eigenvalue weighted by atomic mass is 19.1. The van der Waals surface area contributed by atoms with Crippen molar-refractivity contribution < 1.29 is 18.7 Å². The van der Waals surface area contributed by atoms with Crippen molar-refractivity contribution >= 4 is 11.6 Å². The lowest BCUT2D eigenvalue weighted by molar-refractivity contribution is 0.0954. The van der Waals surface area contributed by atoms with E-state index in [1.807, 2.05) is 0 Å². The van der Waals surface area contributed by atoms with Gasteiger partial charge in [0.2, 0.25) is 0 Å². The van der Waals surface area contributed by atoms with Crippen LogP contribution in [0.4, 0.5) is 4.39 Å². The van der Waals surface area contributed by atoms with E-state index < -0.39 is 0 Å². The van der Waals surface area contributed by atoms with Crippen LogP contribution in [0.1, 0.15) is 22.8 Å². The van der Waals surface area contributed by atoms with Crippen molar-refractivity contribution in [1.82, 2.24) is 5.43 Å². The summed E-state index contributed by atoms with van der Waals surface area (Å²) in [6, 6.07) is 10.7. The van der Waals surface area contributed by atoms with Crippen molar-refractivity contribution in [2.24, 2.45) is 5.10 Å². The lowest BCUT2D eigenvalue weighted by atomic mass is 10.1. The molecule has 0 aliphatic rings. The third kappa shape index (κ3) is 4.06. The summed E-state index contributed by atoms with van der Waals surface area (Å²) >= 11 is 0. The molecule has 2 rings (SSSR count). The van der Waals surface area contributed by atoms with Gasteiger partial charge in [-0.15, -0.1) is 0 Å². The Morgan fingerprint density at radius 1 is 1.00 bits per heavy atom. The minimum absolute atomic E-state index is 0.323. The van der Waals surface area contributed by atoms with Gasteiger partial charge in [0.1, 0.15) is 5.82 Å². The molecule has 0 radical (unpaired) electrons. The zero-order chi connectivity index (χ0) is 16.8. The van der Waals surface area contributed by atoms with E-state index in [4.69, 9.17) is 9.47 Å². The Morgan fingerprint density at radius 3 is 2.22 bits per heavy atom. The van der Waals surface area contributed by atoms with Crippen molar-refractivity contribution in [1.29, 1.82) is 0 Å². The molecule has 23 heavy (non-hydrogen) atoms. The van der Waals surface area contributed by atoms with Gasteiger partial charge < -0.3 is 9.47 Å². The number of nitrogens with zero attached hydrogens (tertiary/aromatic N) is 1.